The molecule has 1 aromatic carbocycles. The van der Waals surface area contributed by atoms with Crippen LogP contribution in [0, 0.1) is 11.6 Å². The van der Waals surface area contributed by atoms with Gasteiger partial charge >= 0.3 is 0 Å². The molecular weight excluding hydrogens is 246 g/mol. The van der Waals surface area contributed by atoms with E-state index in [-0.39, 0.29) is 0 Å². The van der Waals surface area contributed by atoms with Gasteiger partial charge < -0.3 is 10.2 Å². The molecule has 4 heteroatoms. The van der Waals surface area contributed by atoms with Crippen molar-refractivity contribution in [2.24, 2.45) is 0 Å². The Labute approximate surface area is 113 Å². The van der Waals surface area contributed by atoms with Gasteiger partial charge in [0.1, 0.15) is 11.6 Å². The monoisotopic (exact) mass is 268 g/mol. The quantitative estimate of drug-likeness (QED) is 0.883. The third kappa shape index (κ3) is 4.55. The predicted molar refractivity (Wildman–Crippen MR) is 73.2 cm³/mol. The van der Waals surface area contributed by atoms with Crippen molar-refractivity contribution in [3.05, 3.63) is 35.4 Å². The fraction of sp³-hybridized carbons (Fsp3) is 0.600. The fourth-order valence-electron chi connectivity index (χ4n) is 2.68. The molecule has 2 nitrogen and oxygen atoms in total. The molecule has 0 radical (unpaired) electrons. The zero-order chi connectivity index (χ0) is 13.7. The van der Waals surface area contributed by atoms with E-state index in [4.69, 9.17) is 0 Å². The Balaban J connectivity index is 1.84. The van der Waals surface area contributed by atoms with Crippen LogP contribution >= 0.6 is 0 Å². The van der Waals surface area contributed by atoms with Gasteiger partial charge in [-0.25, -0.2) is 8.78 Å². The van der Waals surface area contributed by atoms with E-state index >= 15 is 0 Å². The second-order valence-electron chi connectivity index (χ2n) is 5.27. The van der Waals surface area contributed by atoms with Crippen molar-refractivity contribution in [1.82, 2.24) is 10.2 Å². The molecule has 106 valence electrons. The second kappa shape index (κ2) is 6.96. The molecule has 1 saturated heterocycles. The Morgan fingerprint density at radius 2 is 2.00 bits per heavy atom. The summed E-state index contributed by atoms with van der Waals surface area (Å²) in [6, 6.07) is 4.33. The molecule has 0 aliphatic carbocycles. The number of hydrogen-bond acceptors (Lipinski definition) is 2. The molecule has 1 aliphatic heterocycles. The van der Waals surface area contributed by atoms with Crippen LogP contribution < -0.4 is 5.32 Å². The van der Waals surface area contributed by atoms with Crippen LogP contribution in [0.5, 0.6) is 0 Å². The molecular formula is C15H22F2N2. The normalized spacial score (nSPS) is 20.7. The van der Waals surface area contributed by atoms with Crippen LogP contribution in [0.1, 0.15) is 25.3 Å². The van der Waals surface area contributed by atoms with Crippen LogP contribution in [-0.4, -0.2) is 37.1 Å². The lowest BCUT2D eigenvalue weighted by molar-refractivity contribution is 0.196. The molecule has 19 heavy (non-hydrogen) atoms. The molecule has 1 aromatic rings. The number of piperazine rings is 1. The molecule has 0 aromatic heterocycles. The maximum Gasteiger partial charge on any atom is 0.126 e. The Morgan fingerprint density at radius 3 is 2.68 bits per heavy atom. The van der Waals surface area contributed by atoms with Crippen molar-refractivity contribution in [2.45, 2.75) is 32.2 Å². The molecule has 1 aliphatic rings. The number of rotatable bonds is 5. The van der Waals surface area contributed by atoms with Crippen LogP contribution in [-0.2, 0) is 6.42 Å². The van der Waals surface area contributed by atoms with E-state index in [1.165, 1.54) is 25.0 Å². The molecule has 1 N–H and O–H groups in total. The number of nitrogens with one attached hydrogen (secondary N) is 1. The lowest BCUT2D eigenvalue weighted by Crippen LogP contribution is -2.50. The minimum atomic E-state index is -0.487. The van der Waals surface area contributed by atoms with Gasteiger partial charge in [0.25, 0.3) is 0 Å². The summed E-state index contributed by atoms with van der Waals surface area (Å²) < 4.78 is 26.2. The Bertz CT molecular complexity index is 387. The first kappa shape index (κ1) is 14.4. The number of hydrogen-bond donors (Lipinski definition) is 1. The zero-order valence-electron chi connectivity index (χ0n) is 11.5. The molecule has 1 atom stereocenters. The molecule has 0 spiro atoms. The van der Waals surface area contributed by atoms with Crippen LogP contribution in [0.4, 0.5) is 8.78 Å². The Morgan fingerprint density at radius 1 is 1.26 bits per heavy atom. The minimum Gasteiger partial charge on any atom is -0.311 e. The fourth-order valence-corrected chi connectivity index (χ4v) is 2.68. The predicted octanol–water partition coefficient (Wildman–Crippen LogP) is 2.58. The number of halogens is 2. The SMILES string of the molecule is CCCC1CN(CCc2cc(F)cc(F)c2)CCN1. The van der Waals surface area contributed by atoms with Gasteiger partial charge in [-0.15, -0.1) is 0 Å². The maximum atomic E-state index is 13.1. The van der Waals surface area contributed by atoms with Crippen LogP contribution in [0.2, 0.25) is 0 Å². The van der Waals surface area contributed by atoms with Crippen LogP contribution in [0.15, 0.2) is 18.2 Å². The summed E-state index contributed by atoms with van der Waals surface area (Å²) in [6.45, 7) is 6.10. The second-order valence-corrected chi connectivity index (χ2v) is 5.27. The Hall–Kier alpha value is -1.00. The summed E-state index contributed by atoms with van der Waals surface area (Å²) in [5.41, 5.74) is 0.739. The average molecular weight is 268 g/mol. The molecule has 1 unspecified atom stereocenters. The van der Waals surface area contributed by atoms with Crippen molar-refractivity contribution in [3.8, 4) is 0 Å². The summed E-state index contributed by atoms with van der Waals surface area (Å²) in [7, 11) is 0. The van der Waals surface area contributed by atoms with Gasteiger partial charge in [-0.2, -0.15) is 0 Å². The minimum absolute atomic E-state index is 0.487. The van der Waals surface area contributed by atoms with E-state index in [9.17, 15) is 8.78 Å². The smallest absolute Gasteiger partial charge is 0.126 e. The van der Waals surface area contributed by atoms with Crippen molar-refractivity contribution in [1.29, 1.82) is 0 Å². The summed E-state index contributed by atoms with van der Waals surface area (Å²) in [5.74, 6) is -0.974. The molecule has 0 bridgehead atoms. The summed E-state index contributed by atoms with van der Waals surface area (Å²) in [6.07, 6.45) is 3.07. The molecule has 2 rings (SSSR count). The highest BCUT2D eigenvalue weighted by Crippen LogP contribution is 2.11. The van der Waals surface area contributed by atoms with Crippen molar-refractivity contribution >= 4 is 0 Å². The highest BCUT2D eigenvalue weighted by atomic mass is 19.1. The first-order valence-electron chi connectivity index (χ1n) is 7.08. The van der Waals surface area contributed by atoms with Crippen LogP contribution in [0.3, 0.4) is 0 Å². The van der Waals surface area contributed by atoms with E-state index in [2.05, 4.69) is 17.1 Å². The summed E-state index contributed by atoms with van der Waals surface area (Å²) in [5, 5.41) is 3.50. The highest BCUT2D eigenvalue weighted by Gasteiger charge is 2.18. The van der Waals surface area contributed by atoms with Crippen molar-refractivity contribution in [3.63, 3.8) is 0 Å². The third-order valence-electron chi connectivity index (χ3n) is 3.62. The molecule has 1 fully saturated rings. The lowest BCUT2D eigenvalue weighted by Gasteiger charge is -2.33. The van der Waals surface area contributed by atoms with E-state index < -0.39 is 11.6 Å². The highest BCUT2D eigenvalue weighted by molar-refractivity contribution is 5.18. The zero-order valence-corrected chi connectivity index (χ0v) is 11.5. The number of nitrogens with zero attached hydrogens (tertiary/aromatic N) is 1. The van der Waals surface area contributed by atoms with E-state index in [1.807, 2.05) is 0 Å². The van der Waals surface area contributed by atoms with Crippen molar-refractivity contribution in [2.75, 3.05) is 26.2 Å². The standard InChI is InChI=1S/C15H22F2N2/c1-2-3-15-11-19(7-5-18-15)6-4-12-8-13(16)10-14(17)9-12/h8-10,15,18H,2-7,11H2,1H3. The largest absolute Gasteiger partial charge is 0.311 e. The van der Waals surface area contributed by atoms with Gasteiger partial charge in [0.2, 0.25) is 0 Å². The summed E-state index contributed by atoms with van der Waals surface area (Å²) in [4.78, 5) is 2.37. The van der Waals surface area contributed by atoms with Gasteiger partial charge in [-0.3, -0.25) is 0 Å². The molecule has 1 heterocycles. The lowest BCUT2D eigenvalue weighted by atomic mass is 10.1. The Kier molecular flexibility index (Phi) is 5.28. The average Bonchev–Trinajstić information content (AvgIpc) is 2.36. The topological polar surface area (TPSA) is 15.3 Å². The van der Waals surface area contributed by atoms with Crippen LogP contribution in [0.25, 0.3) is 0 Å². The van der Waals surface area contributed by atoms with E-state index in [1.54, 1.807) is 0 Å². The first-order valence-corrected chi connectivity index (χ1v) is 7.08. The van der Waals surface area contributed by atoms with Gasteiger partial charge in [-0.05, 0) is 30.5 Å². The third-order valence-corrected chi connectivity index (χ3v) is 3.62. The van der Waals surface area contributed by atoms with E-state index in [0.717, 1.165) is 37.8 Å². The van der Waals surface area contributed by atoms with Gasteiger partial charge in [0.05, 0.1) is 0 Å². The first-order chi connectivity index (χ1) is 9.17. The summed E-state index contributed by atoms with van der Waals surface area (Å²) >= 11 is 0. The van der Waals surface area contributed by atoms with Crippen molar-refractivity contribution < 1.29 is 8.78 Å². The van der Waals surface area contributed by atoms with Gasteiger partial charge in [0, 0.05) is 38.3 Å². The van der Waals surface area contributed by atoms with E-state index in [0.29, 0.717) is 12.5 Å². The number of benzene rings is 1. The molecule has 0 amide bonds. The maximum absolute atomic E-state index is 13.1. The van der Waals surface area contributed by atoms with Gasteiger partial charge in [-0.1, -0.05) is 13.3 Å². The van der Waals surface area contributed by atoms with Gasteiger partial charge in [0.15, 0.2) is 0 Å². The molecule has 0 saturated carbocycles.